The molecule has 0 aliphatic heterocycles. The number of alkyl halides is 1. The minimum atomic E-state index is 0.519. The maximum Gasteiger partial charge on any atom is 0.0642 e. The first-order valence-corrected chi connectivity index (χ1v) is 8.14. The maximum atomic E-state index is 6.38. The second kappa shape index (κ2) is 6.85. The van der Waals surface area contributed by atoms with Crippen LogP contribution in [0.25, 0.3) is 0 Å². The molecule has 0 radical (unpaired) electrons. The predicted octanol–water partition coefficient (Wildman–Crippen LogP) is 5.48. The van der Waals surface area contributed by atoms with Gasteiger partial charge in [0.05, 0.1) is 10.7 Å². The zero-order chi connectivity index (χ0) is 13.8. The molecule has 1 aliphatic carbocycles. The Morgan fingerprint density at radius 2 is 1.89 bits per heavy atom. The van der Waals surface area contributed by atoms with Gasteiger partial charge in [-0.1, -0.05) is 31.0 Å². The fourth-order valence-electron chi connectivity index (χ4n) is 3.06. The fourth-order valence-corrected chi connectivity index (χ4v) is 3.56. The first-order chi connectivity index (χ1) is 9.15. The van der Waals surface area contributed by atoms with Crippen LogP contribution in [0.15, 0.2) is 18.2 Å². The Labute approximate surface area is 126 Å². The van der Waals surface area contributed by atoms with Gasteiger partial charge in [0.1, 0.15) is 0 Å². The predicted molar refractivity (Wildman–Crippen MR) is 85.4 cm³/mol. The molecule has 0 saturated heterocycles. The SMILES string of the molecule is CCC1CCC(N(C)c2ccc(CCl)cc2Cl)CC1. The Kier molecular flexibility index (Phi) is 5.41. The van der Waals surface area contributed by atoms with E-state index >= 15 is 0 Å². The van der Waals surface area contributed by atoms with Crippen LogP contribution >= 0.6 is 23.2 Å². The van der Waals surface area contributed by atoms with Crippen molar-refractivity contribution in [3.05, 3.63) is 28.8 Å². The smallest absolute Gasteiger partial charge is 0.0642 e. The van der Waals surface area contributed by atoms with Gasteiger partial charge in [-0.25, -0.2) is 0 Å². The van der Waals surface area contributed by atoms with Gasteiger partial charge in [0.25, 0.3) is 0 Å². The molecule has 1 saturated carbocycles. The quantitative estimate of drug-likeness (QED) is 0.665. The lowest BCUT2D eigenvalue weighted by atomic mass is 9.84. The number of hydrogen-bond donors (Lipinski definition) is 0. The van der Waals surface area contributed by atoms with Gasteiger partial charge in [-0.2, -0.15) is 0 Å². The minimum absolute atomic E-state index is 0.519. The molecule has 0 aromatic heterocycles. The van der Waals surface area contributed by atoms with Crippen LogP contribution in [-0.4, -0.2) is 13.1 Å². The van der Waals surface area contributed by atoms with E-state index in [-0.39, 0.29) is 0 Å². The number of halogens is 2. The normalized spacial score (nSPS) is 23.4. The highest BCUT2D eigenvalue weighted by molar-refractivity contribution is 6.33. The van der Waals surface area contributed by atoms with Crippen molar-refractivity contribution in [1.82, 2.24) is 0 Å². The van der Waals surface area contributed by atoms with E-state index in [2.05, 4.69) is 31.0 Å². The highest BCUT2D eigenvalue weighted by Crippen LogP contribution is 2.34. The highest BCUT2D eigenvalue weighted by atomic mass is 35.5. The molecule has 0 N–H and O–H groups in total. The van der Waals surface area contributed by atoms with Crippen LogP contribution in [-0.2, 0) is 5.88 Å². The average Bonchev–Trinajstić information content (AvgIpc) is 2.46. The van der Waals surface area contributed by atoms with Gasteiger partial charge < -0.3 is 4.90 Å². The van der Waals surface area contributed by atoms with Crippen LogP contribution in [0, 0.1) is 5.92 Å². The summed E-state index contributed by atoms with van der Waals surface area (Å²) in [6.45, 7) is 2.30. The lowest BCUT2D eigenvalue weighted by Gasteiger charge is -2.36. The van der Waals surface area contributed by atoms with Crippen LogP contribution in [0.5, 0.6) is 0 Å². The Hall–Kier alpha value is -0.400. The molecule has 1 fully saturated rings. The van der Waals surface area contributed by atoms with E-state index in [9.17, 15) is 0 Å². The number of benzene rings is 1. The highest BCUT2D eigenvalue weighted by Gasteiger charge is 2.24. The summed E-state index contributed by atoms with van der Waals surface area (Å²) in [4.78, 5) is 2.35. The molecule has 106 valence electrons. The third-order valence-corrected chi connectivity index (χ3v) is 5.10. The Morgan fingerprint density at radius 3 is 2.42 bits per heavy atom. The summed E-state index contributed by atoms with van der Waals surface area (Å²) in [6, 6.07) is 6.79. The van der Waals surface area contributed by atoms with E-state index in [0.29, 0.717) is 11.9 Å². The first kappa shape index (κ1) is 15.0. The molecular weight excluding hydrogens is 277 g/mol. The van der Waals surface area contributed by atoms with Crippen LogP contribution in [0.2, 0.25) is 5.02 Å². The van der Waals surface area contributed by atoms with Crippen molar-refractivity contribution in [3.8, 4) is 0 Å². The largest absolute Gasteiger partial charge is 0.370 e. The Balaban J connectivity index is 2.05. The summed E-state index contributed by atoms with van der Waals surface area (Å²) >= 11 is 12.2. The van der Waals surface area contributed by atoms with Crippen LogP contribution in [0.4, 0.5) is 5.69 Å². The van der Waals surface area contributed by atoms with E-state index in [0.717, 1.165) is 22.2 Å². The number of anilines is 1. The van der Waals surface area contributed by atoms with E-state index < -0.39 is 0 Å². The van der Waals surface area contributed by atoms with E-state index in [4.69, 9.17) is 23.2 Å². The van der Waals surface area contributed by atoms with Crippen molar-refractivity contribution in [2.45, 2.75) is 50.9 Å². The zero-order valence-corrected chi connectivity index (χ0v) is 13.3. The molecule has 1 aromatic carbocycles. The molecule has 2 rings (SSSR count). The van der Waals surface area contributed by atoms with E-state index in [1.165, 1.54) is 32.1 Å². The number of nitrogens with zero attached hydrogens (tertiary/aromatic N) is 1. The van der Waals surface area contributed by atoms with E-state index in [1.807, 2.05) is 6.07 Å². The fraction of sp³-hybridized carbons (Fsp3) is 0.625. The van der Waals surface area contributed by atoms with Crippen LogP contribution < -0.4 is 4.90 Å². The third-order valence-electron chi connectivity index (χ3n) is 4.49. The molecule has 0 unspecified atom stereocenters. The molecule has 0 bridgehead atoms. The number of rotatable bonds is 4. The molecule has 3 heteroatoms. The standard InChI is InChI=1S/C16H23Cl2N/c1-3-12-4-7-14(8-5-12)19(2)16-9-6-13(11-17)10-15(16)18/h6,9-10,12,14H,3-5,7-8,11H2,1-2H3. The molecular formula is C16H23Cl2N. The van der Waals surface area contributed by atoms with Crippen molar-refractivity contribution in [3.63, 3.8) is 0 Å². The molecule has 1 nitrogen and oxygen atoms in total. The lowest BCUT2D eigenvalue weighted by molar-refractivity contribution is 0.313. The van der Waals surface area contributed by atoms with Gasteiger partial charge in [-0.05, 0) is 49.3 Å². The van der Waals surface area contributed by atoms with Gasteiger partial charge in [-0.3, -0.25) is 0 Å². The summed E-state index contributed by atoms with van der Waals surface area (Å²) in [5.74, 6) is 1.45. The van der Waals surface area contributed by atoms with Gasteiger partial charge in [0.2, 0.25) is 0 Å². The topological polar surface area (TPSA) is 3.24 Å². The van der Waals surface area contributed by atoms with Gasteiger partial charge in [0.15, 0.2) is 0 Å². The van der Waals surface area contributed by atoms with Gasteiger partial charge in [-0.15, -0.1) is 11.6 Å². The maximum absolute atomic E-state index is 6.38. The minimum Gasteiger partial charge on any atom is -0.370 e. The number of hydrogen-bond acceptors (Lipinski definition) is 1. The molecule has 0 atom stereocenters. The Bertz CT molecular complexity index is 411. The van der Waals surface area contributed by atoms with Crippen molar-refractivity contribution < 1.29 is 0 Å². The molecule has 0 spiro atoms. The summed E-state index contributed by atoms with van der Waals surface area (Å²) in [5, 5.41) is 0.818. The molecule has 19 heavy (non-hydrogen) atoms. The molecule has 0 heterocycles. The summed E-state index contributed by atoms with van der Waals surface area (Å²) in [7, 11) is 2.17. The van der Waals surface area contributed by atoms with Gasteiger partial charge >= 0.3 is 0 Å². The third kappa shape index (κ3) is 3.58. The molecule has 0 amide bonds. The van der Waals surface area contributed by atoms with Crippen LogP contribution in [0.1, 0.15) is 44.6 Å². The van der Waals surface area contributed by atoms with Crippen molar-refractivity contribution in [1.29, 1.82) is 0 Å². The van der Waals surface area contributed by atoms with Gasteiger partial charge in [0, 0.05) is 19.0 Å². The second-order valence-electron chi connectivity index (χ2n) is 5.61. The summed E-state index contributed by atoms with van der Waals surface area (Å²) < 4.78 is 0. The van der Waals surface area contributed by atoms with E-state index in [1.54, 1.807) is 0 Å². The van der Waals surface area contributed by atoms with Crippen LogP contribution in [0.3, 0.4) is 0 Å². The molecule has 1 aliphatic rings. The van der Waals surface area contributed by atoms with Crippen molar-refractivity contribution in [2.24, 2.45) is 5.92 Å². The average molecular weight is 300 g/mol. The first-order valence-electron chi connectivity index (χ1n) is 7.23. The summed E-state index contributed by atoms with van der Waals surface area (Å²) in [5.41, 5.74) is 2.22. The monoisotopic (exact) mass is 299 g/mol. The van der Waals surface area contributed by atoms with Crippen molar-refractivity contribution in [2.75, 3.05) is 11.9 Å². The van der Waals surface area contributed by atoms with Crippen molar-refractivity contribution >= 4 is 28.9 Å². The second-order valence-corrected chi connectivity index (χ2v) is 6.29. The lowest BCUT2D eigenvalue weighted by Crippen LogP contribution is -2.35. The zero-order valence-electron chi connectivity index (χ0n) is 11.8. The molecule has 1 aromatic rings. The Morgan fingerprint density at radius 1 is 1.21 bits per heavy atom. The summed E-state index contributed by atoms with van der Waals surface area (Å²) in [6.07, 6.45) is 6.58.